The number of rotatable bonds is 51. The Morgan fingerprint density at radius 1 is 0.324 bits per heavy atom. The highest BCUT2D eigenvalue weighted by molar-refractivity contribution is 5.71. The molecule has 0 aliphatic carbocycles. The van der Waals surface area contributed by atoms with E-state index in [4.69, 9.17) is 14.2 Å². The zero-order valence-corrected chi connectivity index (χ0v) is 44.6. The summed E-state index contributed by atoms with van der Waals surface area (Å²) in [6, 6.07) is 0. The first-order chi connectivity index (χ1) is 33.5. The number of hydrogen-bond acceptors (Lipinski definition) is 6. The van der Waals surface area contributed by atoms with Gasteiger partial charge in [-0.25, -0.2) is 0 Å². The maximum absolute atomic E-state index is 12.9. The molecule has 0 aromatic carbocycles. The quantitative estimate of drug-likeness (QED) is 0.0199. The fourth-order valence-electron chi connectivity index (χ4n) is 8.00. The van der Waals surface area contributed by atoms with Crippen molar-refractivity contribution in [1.29, 1.82) is 0 Å². The maximum Gasteiger partial charge on any atom is 0.306 e. The van der Waals surface area contributed by atoms with E-state index in [-0.39, 0.29) is 31.1 Å². The van der Waals surface area contributed by atoms with Crippen molar-refractivity contribution in [2.45, 2.75) is 277 Å². The van der Waals surface area contributed by atoms with Crippen LogP contribution in [0.4, 0.5) is 0 Å². The van der Waals surface area contributed by atoms with E-state index in [9.17, 15) is 14.4 Å². The maximum atomic E-state index is 12.9. The lowest BCUT2D eigenvalue weighted by atomic mass is 10.0. The molecular formula is C62H106O6. The summed E-state index contributed by atoms with van der Waals surface area (Å²) in [6.07, 6.45) is 72.9. The number of carbonyl (C=O) groups excluding carboxylic acids is 3. The van der Waals surface area contributed by atoms with Gasteiger partial charge in [-0.2, -0.15) is 0 Å². The average Bonchev–Trinajstić information content (AvgIpc) is 3.34. The molecule has 0 N–H and O–H groups in total. The Bertz CT molecular complexity index is 1320. The van der Waals surface area contributed by atoms with Gasteiger partial charge in [0.15, 0.2) is 6.10 Å². The van der Waals surface area contributed by atoms with E-state index in [0.29, 0.717) is 19.3 Å². The molecule has 0 radical (unpaired) electrons. The molecule has 0 aliphatic rings. The molecule has 0 saturated carbocycles. The molecule has 0 amide bonds. The largest absolute Gasteiger partial charge is 0.462 e. The van der Waals surface area contributed by atoms with E-state index in [1.54, 1.807) is 0 Å². The van der Waals surface area contributed by atoms with Gasteiger partial charge >= 0.3 is 17.9 Å². The van der Waals surface area contributed by atoms with Crippen LogP contribution in [-0.4, -0.2) is 37.2 Å². The number of esters is 3. The summed E-state index contributed by atoms with van der Waals surface area (Å²) in [4.78, 5) is 38.1. The summed E-state index contributed by atoms with van der Waals surface area (Å²) in [6.45, 7) is 6.37. The van der Waals surface area contributed by atoms with Crippen LogP contribution < -0.4 is 0 Å². The molecule has 68 heavy (non-hydrogen) atoms. The van der Waals surface area contributed by atoms with Crippen LogP contribution in [0.5, 0.6) is 0 Å². The summed E-state index contributed by atoms with van der Waals surface area (Å²) in [5.41, 5.74) is 0. The van der Waals surface area contributed by atoms with Crippen LogP contribution in [0.3, 0.4) is 0 Å². The van der Waals surface area contributed by atoms with Crippen LogP contribution in [0.25, 0.3) is 0 Å². The van der Waals surface area contributed by atoms with Crippen molar-refractivity contribution in [3.8, 4) is 0 Å². The van der Waals surface area contributed by atoms with E-state index in [0.717, 1.165) is 89.9 Å². The molecule has 0 bridgehead atoms. The number of allylic oxidation sites excluding steroid dienone is 14. The predicted octanol–water partition coefficient (Wildman–Crippen LogP) is 19.2. The zero-order valence-electron chi connectivity index (χ0n) is 44.6. The minimum absolute atomic E-state index is 0.0905. The Hall–Kier alpha value is -3.41. The summed E-state index contributed by atoms with van der Waals surface area (Å²) in [7, 11) is 0. The molecule has 0 rings (SSSR count). The predicted molar refractivity (Wildman–Crippen MR) is 293 cm³/mol. The molecule has 0 aliphatic heterocycles. The molecule has 0 saturated heterocycles. The second-order valence-corrected chi connectivity index (χ2v) is 18.9. The van der Waals surface area contributed by atoms with Crippen molar-refractivity contribution in [3.63, 3.8) is 0 Å². The van der Waals surface area contributed by atoms with Crippen LogP contribution >= 0.6 is 0 Å². The lowest BCUT2D eigenvalue weighted by molar-refractivity contribution is -0.167. The van der Waals surface area contributed by atoms with Crippen LogP contribution in [0.1, 0.15) is 271 Å². The van der Waals surface area contributed by atoms with Gasteiger partial charge in [-0.3, -0.25) is 14.4 Å². The number of hydrogen-bond donors (Lipinski definition) is 0. The lowest BCUT2D eigenvalue weighted by Crippen LogP contribution is -2.30. The number of unbranched alkanes of at least 4 members (excludes halogenated alkanes) is 29. The Balaban J connectivity index is 4.38. The van der Waals surface area contributed by atoms with Crippen LogP contribution in [0, 0.1) is 0 Å². The Morgan fingerprint density at radius 3 is 1.09 bits per heavy atom. The summed E-state index contributed by atoms with van der Waals surface area (Å²) < 4.78 is 16.8. The van der Waals surface area contributed by atoms with Gasteiger partial charge in [0.1, 0.15) is 13.2 Å². The standard InChI is InChI=1S/C62H106O6/c1-4-7-10-13-16-19-22-25-27-29-31-33-34-37-40-43-46-49-52-55-61(64)67-58-59(57-66-60(63)54-51-48-45-42-39-36-24-21-18-15-12-9-6-3)68-62(65)56-53-50-47-44-41-38-35-32-30-28-26-23-20-17-14-11-8-5-2/h7,9-10,12,15-16,18-19,21,24-25,27,36,39,59H,4-6,8,11,13-14,17,20,22-23,26,28-35,37-38,40-58H2,1-3H3/b10-7+,12-9+,18-15+,19-16+,24-21+,27-25+,39-36+. The fourth-order valence-corrected chi connectivity index (χ4v) is 8.00. The molecule has 1 unspecified atom stereocenters. The molecule has 6 nitrogen and oxygen atoms in total. The lowest BCUT2D eigenvalue weighted by Gasteiger charge is -2.18. The first-order valence-corrected chi connectivity index (χ1v) is 28.6. The highest BCUT2D eigenvalue weighted by atomic mass is 16.6. The molecular weight excluding hydrogens is 841 g/mol. The summed E-state index contributed by atoms with van der Waals surface area (Å²) >= 11 is 0. The topological polar surface area (TPSA) is 78.9 Å². The van der Waals surface area contributed by atoms with E-state index < -0.39 is 6.10 Å². The highest BCUT2D eigenvalue weighted by Gasteiger charge is 2.19. The highest BCUT2D eigenvalue weighted by Crippen LogP contribution is 2.16. The van der Waals surface area contributed by atoms with Crippen LogP contribution in [-0.2, 0) is 28.6 Å². The smallest absolute Gasteiger partial charge is 0.306 e. The van der Waals surface area contributed by atoms with Gasteiger partial charge in [0.2, 0.25) is 0 Å². The summed E-state index contributed by atoms with van der Waals surface area (Å²) in [5, 5.41) is 0. The molecule has 1 atom stereocenters. The van der Waals surface area contributed by atoms with E-state index in [1.165, 1.54) is 141 Å². The van der Waals surface area contributed by atoms with Gasteiger partial charge in [-0.1, -0.05) is 266 Å². The third kappa shape index (κ3) is 53.5. The van der Waals surface area contributed by atoms with Gasteiger partial charge in [-0.15, -0.1) is 0 Å². The minimum atomic E-state index is -0.794. The molecule has 0 aromatic rings. The third-order valence-corrected chi connectivity index (χ3v) is 12.2. The number of ether oxygens (including phenoxy) is 3. The van der Waals surface area contributed by atoms with Crippen molar-refractivity contribution < 1.29 is 28.6 Å². The molecule has 0 fully saturated rings. The van der Waals surface area contributed by atoms with E-state index in [2.05, 4.69) is 75.5 Å². The SMILES string of the molecule is CC/C=C/C=C/C=C/C=C/CCCCCC(=O)OCC(COC(=O)CCCCCCCCCCC/C=C/C/C=C/C/C=C/CC)OC(=O)CCCCCCCCCCCCCCCCCCCC. The average molecular weight is 948 g/mol. The molecule has 0 spiro atoms. The molecule has 6 heteroatoms. The van der Waals surface area contributed by atoms with Gasteiger partial charge in [0.25, 0.3) is 0 Å². The minimum Gasteiger partial charge on any atom is -0.462 e. The first-order valence-electron chi connectivity index (χ1n) is 28.6. The zero-order chi connectivity index (χ0) is 49.3. The monoisotopic (exact) mass is 947 g/mol. The van der Waals surface area contributed by atoms with Crippen molar-refractivity contribution in [2.75, 3.05) is 13.2 Å². The van der Waals surface area contributed by atoms with Gasteiger partial charge in [0, 0.05) is 19.3 Å². The fraction of sp³-hybridized carbons (Fsp3) is 0.726. The van der Waals surface area contributed by atoms with E-state index >= 15 is 0 Å². The van der Waals surface area contributed by atoms with E-state index in [1.807, 2.05) is 30.4 Å². The van der Waals surface area contributed by atoms with Gasteiger partial charge in [0.05, 0.1) is 0 Å². The van der Waals surface area contributed by atoms with Crippen molar-refractivity contribution in [3.05, 3.63) is 85.1 Å². The van der Waals surface area contributed by atoms with Crippen molar-refractivity contribution in [1.82, 2.24) is 0 Å². The third-order valence-electron chi connectivity index (χ3n) is 12.2. The second-order valence-electron chi connectivity index (χ2n) is 18.9. The normalized spacial score (nSPS) is 12.7. The Labute approximate surface area is 420 Å². The number of carbonyl (C=O) groups is 3. The van der Waals surface area contributed by atoms with Gasteiger partial charge < -0.3 is 14.2 Å². The van der Waals surface area contributed by atoms with Gasteiger partial charge in [-0.05, 0) is 70.6 Å². The summed E-state index contributed by atoms with van der Waals surface area (Å²) in [5.74, 6) is -0.928. The molecule has 0 heterocycles. The first kappa shape index (κ1) is 64.6. The molecule has 0 aromatic heterocycles. The van der Waals surface area contributed by atoms with Crippen molar-refractivity contribution >= 4 is 17.9 Å². The Kier molecular flexibility index (Phi) is 53.4. The van der Waals surface area contributed by atoms with Crippen LogP contribution in [0.15, 0.2) is 85.1 Å². The van der Waals surface area contributed by atoms with Crippen LogP contribution in [0.2, 0.25) is 0 Å². The Morgan fingerprint density at radius 2 is 0.647 bits per heavy atom. The second kappa shape index (κ2) is 56.2. The molecule has 390 valence electrons. The van der Waals surface area contributed by atoms with Crippen molar-refractivity contribution in [2.24, 2.45) is 0 Å².